The van der Waals surface area contributed by atoms with Gasteiger partial charge in [-0.05, 0) is 44.0 Å². The summed E-state index contributed by atoms with van der Waals surface area (Å²) in [4.78, 5) is 13.9. The molecule has 3 rings (SSSR count). The number of carbonyl (C=O) groups excluding carboxylic acids is 1. The molecule has 0 aromatic heterocycles. The van der Waals surface area contributed by atoms with Crippen molar-refractivity contribution in [2.24, 2.45) is 0 Å². The molecule has 0 saturated carbocycles. The Balaban J connectivity index is 0.000000401. The molecule has 0 unspecified atom stereocenters. The van der Waals surface area contributed by atoms with Gasteiger partial charge in [0.1, 0.15) is 12.4 Å². The third-order valence-electron chi connectivity index (χ3n) is 5.16. The molecule has 1 aliphatic rings. The monoisotopic (exact) mass is 515 g/mol. The van der Waals surface area contributed by atoms with Crippen molar-refractivity contribution in [2.75, 3.05) is 19.6 Å². The number of ether oxygens (including phenoxy) is 2. The molecule has 196 valence electrons. The van der Waals surface area contributed by atoms with E-state index in [0.29, 0.717) is 12.1 Å². The van der Waals surface area contributed by atoms with Gasteiger partial charge in [0.25, 0.3) is 0 Å². The highest BCUT2D eigenvalue weighted by Crippen LogP contribution is 2.17. The molecular weight excluding hydrogens is 480 g/mol. The Morgan fingerprint density at radius 2 is 1.69 bits per heavy atom. The molecule has 1 amide bonds. The van der Waals surface area contributed by atoms with E-state index in [4.69, 9.17) is 9.84 Å². The van der Waals surface area contributed by atoms with Gasteiger partial charge < -0.3 is 30.1 Å². The SMILES string of the molecule is C[C@@H]1CNC[C@@H](C)N1C(=O)OCc1ccc(OC(F)F)cc1.C[C@H](O)CNCc1ccccc1.Cl. The van der Waals surface area contributed by atoms with Crippen molar-refractivity contribution in [1.82, 2.24) is 15.5 Å². The molecule has 0 spiro atoms. The molecule has 1 fully saturated rings. The molecule has 10 heteroatoms. The highest BCUT2D eigenvalue weighted by molar-refractivity contribution is 5.85. The summed E-state index contributed by atoms with van der Waals surface area (Å²) >= 11 is 0. The lowest BCUT2D eigenvalue weighted by Crippen LogP contribution is -2.57. The number of benzene rings is 2. The lowest BCUT2D eigenvalue weighted by molar-refractivity contribution is -0.0498. The Morgan fingerprint density at radius 3 is 2.23 bits per heavy atom. The number of hydrogen-bond donors (Lipinski definition) is 3. The van der Waals surface area contributed by atoms with Crippen LogP contribution < -0.4 is 15.4 Å². The van der Waals surface area contributed by atoms with Crippen LogP contribution in [0.5, 0.6) is 5.75 Å². The number of nitrogens with zero attached hydrogens (tertiary/aromatic N) is 1. The molecule has 35 heavy (non-hydrogen) atoms. The van der Waals surface area contributed by atoms with E-state index >= 15 is 0 Å². The number of amides is 1. The summed E-state index contributed by atoms with van der Waals surface area (Å²) < 4.78 is 33.7. The van der Waals surface area contributed by atoms with Crippen LogP contribution in [0.3, 0.4) is 0 Å². The number of halogens is 3. The largest absolute Gasteiger partial charge is 0.445 e. The smallest absolute Gasteiger partial charge is 0.410 e. The highest BCUT2D eigenvalue weighted by Gasteiger charge is 2.29. The first kappa shape index (κ1) is 30.6. The van der Waals surface area contributed by atoms with Crippen molar-refractivity contribution in [3.63, 3.8) is 0 Å². The van der Waals surface area contributed by atoms with Gasteiger partial charge in [0.05, 0.1) is 6.10 Å². The molecule has 1 heterocycles. The number of piperazine rings is 1. The van der Waals surface area contributed by atoms with Crippen molar-refractivity contribution < 1.29 is 28.2 Å². The van der Waals surface area contributed by atoms with Crippen LogP contribution in [0.25, 0.3) is 0 Å². The van der Waals surface area contributed by atoms with E-state index in [1.54, 1.807) is 24.0 Å². The van der Waals surface area contributed by atoms with Gasteiger partial charge in [0.2, 0.25) is 0 Å². The summed E-state index contributed by atoms with van der Waals surface area (Å²) in [6.07, 6.45) is -0.636. The molecule has 1 aliphatic heterocycles. The average Bonchev–Trinajstić information content (AvgIpc) is 2.79. The summed E-state index contributed by atoms with van der Waals surface area (Å²) in [5.41, 5.74) is 1.96. The van der Waals surface area contributed by atoms with Crippen LogP contribution >= 0.6 is 12.4 Å². The fourth-order valence-electron chi connectivity index (χ4n) is 3.50. The minimum Gasteiger partial charge on any atom is -0.445 e. The summed E-state index contributed by atoms with van der Waals surface area (Å²) in [5.74, 6) is 0.0782. The molecular formula is C25H36ClF2N3O4. The maximum absolute atomic E-state index is 12.2. The topological polar surface area (TPSA) is 83.1 Å². The van der Waals surface area contributed by atoms with Gasteiger partial charge in [-0.15, -0.1) is 12.4 Å². The van der Waals surface area contributed by atoms with Crippen LogP contribution in [0.1, 0.15) is 31.9 Å². The fraction of sp³-hybridized carbons (Fsp3) is 0.480. The minimum absolute atomic E-state index is 0. The summed E-state index contributed by atoms with van der Waals surface area (Å²) in [5, 5.41) is 15.4. The van der Waals surface area contributed by atoms with Crippen LogP contribution in [-0.2, 0) is 17.9 Å². The molecule has 2 aromatic carbocycles. The molecule has 0 bridgehead atoms. The van der Waals surface area contributed by atoms with Gasteiger partial charge in [-0.1, -0.05) is 42.5 Å². The van der Waals surface area contributed by atoms with Crippen molar-refractivity contribution in [3.8, 4) is 5.75 Å². The Kier molecular flexibility index (Phi) is 14.2. The standard InChI is InChI=1S/C15H20F2N2O3.C10H15NO.ClH/c1-10-7-18-8-11(2)19(10)15(20)21-9-12-3-5-13(6-4-12)22-14(16)17;1-9(12)7-11-8-10-5-3-2-4-6-10;/h3-6,10-11,14,18H,7-9H2,1-2H3;2-6,9,11-12H,7-8H2,1H3;1H/t10-,11-;9-;/m10./s1. The Morgan fingerprint density at radius 1 is 1.09 bits per heavy atom. The zero-order valence-corrected chi connectivity index (χ0v) is 21.1. The third-order valence-corrected chi connectivity index (χ3v) is 5.16. The predicted molar refractivity (Wildman–Crippen MR) is 134 cm³/mol. The Bertz CT molecular complexity index is 834. The quantitative estimate of drug-likeness (QED) is 0.489. The van der Waals surface area contributed by atoms with Gasteiger partial charge in [-0.3, -0.25) is 0 Å². The van der Waals surface area contributed by atoms with Crippen LogP contribution in [0.4, 0.5) is 13.6 Å². The van der Waals surface area contributed by atoms with Gasteiger partial charge >= 0.3 is 12.7 Å². The molecule has 3 atom stereocenters. The van der Waals surface area contributed by atoms with Gasteiger partial charge in [-0.2, -0.15) is 8.78 Å². The molecule has 1 saturated heterocycles. The molecule has 2 aromatic rings. The molecule has 3 N–H and O–H groups in total. The number of nitrogens with one attached hydrogen (secondary N) is 2. The number of hydrogen-bond acceptors (Lipinski definition) is 6. The van der Waals surface area contributed by atoms with Crippen molar-refractivity contribution >= 4 is 18.5 Å². The van der Waals surface area contributed by atoms with Crippen LogP contribution in [0, 0.1) is 0 Å². The summed E-state index contributed by atoms with van der Waals surface area (Å²) in [7, 11) is 0. The fourth-order valence-corrected chi connectivity index (χ4v) is 3.50. The second-order valence-electron chi connectivity index (χ2n) is 8.31. The second kappa shape index (κ2) is 16.3. The zero-order chi connectivity index (χ0) is 24.9. The zero-order valence-electron chi connectivity index (χ0n) is 20.3. The molecule has 0 radical (unpaired) electrons. The first-order valence-electron chi connectivity index (χ1n) is 11.4. The van der Waals surface area contributed by atoms with E-state index in [1.165, 1.54) is 17.7 Å². The van der Waals surface area contributed by atoms with Crippen molar-refractivity contribution in [3.05, 3.63) is 65.7 Å². The Labute approximate surface area is 212 Å². The van der Waals surface area contributed by atoms with E-state index in [0.717, 1.165) is 19.6 Å². The maximum Gasteiger partial charge on any atom is 0.410 e. The first-order chi connectivity index (χ1) is 16.3. The lowest BCUT2D eigenvalue weighted by Gasteiger charge is -2.38. The van der Waals surface area contributed by atoms with Gasteiger partial charge in [-0.25, -0.2) is 4.79 Å². The Hall–Kier alpha value is -2.46. The van der Waals surface area contributed by atoms with E-state index < -0.39 is 6.61 Å². The second-order valence-corrected chi connectivity index (χ2v) is 8.31. The first-order valence-corrected chi connectivity index (χ1v) is 11.4. The summed E-state index contributed by atoms with van der Waals surface area (Å²) in [6, 6.07) is 16.3. The number of alkyl halides is 2. The van der Waals surface area contributed by atoms with Gasteiger partial charge in [0, 0.05) is 38.3 Å². The van der Waals surface area contributed by atoms with Crippen LogP contribution in [0.15, 0.2) is 54.6 Å². The van der Waals surface area contributed by atoms with Crippen molar-refractivity contribution in [2.45, 2.75) is 58.7 Å². The number of rotatable bonds is 8. The highest BCUT2D eigenvalue weighted by atomic mass is 35.5. The third kappa shape index (κ3) is 11.7. The van der Waals surface area contributed by atoms with Crippen molar-refractivity contribution in [1.29, 1.82) is 0 Å². The summed E-state index contributed by atoms with van der Waals surface area (Å²) in [6.45, 7) is 5.88. The lowest BCUT2D eigenvalue weighted by atomic mass is 10.1. The van der Waals surface area contributed by atoms with E-state index in [9.17, 15) is 13.6 Å². The predicted octanol–water partition coefficient (Wildman–Crippen LogP) is 4.19. The number of carbonyl (C=O) groups is 1. The maximum atomic E-state index is 12.2. The van der Waals surface area contributed by atoms with E-state index in [2.05, 4.69) is 27.5 Å². The number of aliphatic hydroxyl groups excluding tert-OH is 1. The molecule has 7 nitrogen and oxygen atoms in total. The number of aliphatic hydroxyl groups is 1. The average molecular weight is 516 g/mol. The van der Waals surface area contributed by atoms with E-state index in [1.807, 2.05) is 32.0 Å². The normalized spacial score (nSPS) is 18.1. The van der Waals surface area contributed by atoms with E-state index in [-0.39, 0.29) is 49.0 Å². The van der Waals surface area contributed by atoms with Crippen LogP contribution in [0.2, 0.25) is 0 Å². The van der Waals surface area contributed by atoms with Crippen LogP contribution in [-0.4, -0.2) is 60.5 Å². The minimum atomic E-state index is -2.85. The molecule has 0 aliphatic carbocycles. The van der Waals surface area contributed by atoms with Gasteiger partial charge in [0.15, 0.2) is 0 Å².